The number of rotatable bonds is 12. The van der Waals surface area contributed by atoms with Gasteiger partial charge < -0.3 is 30.7 Å². The highest BCUT2D eigenvalue weighted by Crippen LogP contribution is 2.44. The summed E-state index contributed by atoms with van der Waals surface area (Å²) in [5, 5.41) is 16.8. The Bertz CT molecular complexity index is 1330. The Morgan fingerprint density at radius 2 is 1.80 bits per heavy atom. The minimum Gasteiger partial charge on any atom is -0.495 e. The first-order chi connectivity index (χ1) is 19.3. The van der Waals surface area contributed by atoms with Crippen molar-refractivity contribution in [2.24, 2.45) is 0 Å². The fraction of sp³-hybridized carbons (Fsp3) is 0.407. The number of anilines is 3. The Morgan fingerprint density at radius 3 is 2.42 bits per heavy atom. The molecule has 2 atom stereocenters. The summed E-state index contributed by atoms with van der Waals surface area (Å²) in [7, 11) is 3.06. The van der Waals surface area contributed by atoms with E-state index in [0.29, 0.717) is 52.1 Å². The number of hydrogen-bond acceptors (Lipinski definition) is 10. The van der Waals surface area contributed by atoms with Gasteiger partial charge in [0.05, 0.1) is 37.2 Å². The van der Waals surface area contributed by atoms with Gasteiger partial charge in [0.25, 0.3) is 0 Å². The molecule has 13 heteroatoms. The lowest BCUT2D eigenvalue weighted by Crippen LogP contribution is -2.48. The first-order valence-corrected chi connectivity index (χ1v) is 14.5. The maximum atomic E-state index is 12.0. The Hall–Kier alpha value is -3.28. The number of halogens is 2. The van der Waals surface area contributed by atoms with Gasteiger partial charge in [-0.05, 0) is 25.8 Å². The molecule has 0 radical (unpaired) electrons. The van der Waals surface area contributed by atoms with Crippen molar-refractivity contribution in [1.29, 1.82) is 0 Å². The van der Waals surface area contributed by atoms with E-state index >= 15 is 0 Å². The van der Waals surface area contributed by atoms with Crippen LogP contribution < -0.4 is 30.7 Å². The Morgan fingerprint density at radius 1 is 1.10 bits per heavy atom. The van der Waals surface area contributed by atoms with Gasteiger partial charge in [0.15, 0.2) is 0 Å². The average molecular weight is 607 g/mol. The van der Waals surface area contributed by atoms with Gasteiger partial charge in [-0.15, -0.1) is 11.3 Å². The summed E-state index contributed by atoms with van der Waals surface area (Å²) in [6, 6.07) is 1.60. The molecule has 2 aromatic heterocycles. The molecule has 0 spiro atoms. The lowest BCUT2D eigenvalue weighted by Gasteiger charge is -2.32. The number of benzene rings is 1. The predicted octanol–water partition coefficient (Wildman–Crippen LogP) is 5.82. The van der Waals surface area contributed by atoms with Crippen LogP contribution >= 0.6 is 34.5 Å². The fourth-order valence-electron chi connectivity index (χ4n) is 4.53. The second-order valence-electron chi connectivity index (χ2n) is 9.27. The third-order valence-corrected chi connectivity index (χ3v) is 8.16. The fourth-order valence-corrected chi connectivity index (χ4v) is 5.78. The quantitative estimate of drug-likeness (QED) is 0.189. The Labute approximate surface area is 247 Å². The second-order valence-corrected chi connectivity index (χ2v) is 11.1. The van der Waals surface area contributed by atoms with Gasteiger partial charge in [-0.1, -0.05) is 42.6 Å². The van der Waals surface area contributed by atoms with Crippen molar-refractivity contribution in [3.63, 3.8) is 0 Å². The van der Waals surface area contributed by atoms with E-state index in [-0.39, 0.29) is 18.0 Å². The molecule has 1 amide bonds. The average Bonchev–Trinajstić information content (AvgIpc) is 3.38. The van der Waals surface area contributed by atoms with Crippen LogP contribution in [0.3, 0.4) is 0 Å². The number of carbonyl (C=O) groups is 1. The number of aromatic nitrogens is 3. The highest BCUT2D eigenvalue weighted by molar-refractivity contribution is 7.09. The monoisotopic (exact) mass is 605 g/mol. The summed E-state index contributed by atoms with van der Waals surface area (Å²) in [5.74, 6) is 1.77. The molecule has 1 aromatic carbocycles. The molecule has 1 aliphatic rings. The SMILES string of the molecule is C=CC(=O)NC1CCCCC1Nc1ncc(CNc2c(Cl)c(OC)cc(OC)c2Cl)c(NCc2csc(C)n2)n1. The third-order valence-electron chi connectivity index (χ3n) is 6.59. The molecular formula is C27H33Cl2N7O3S. The van der Waals surface area contributed by atoms with Crippen LogP contribution in [0.25, 0.3) is 0 Å². The van der Waals surface area contributed by atoms with E-state index in [1.807, 2.05) is 12.3 Å². The summed E-state index contributed by atoms with van der Waals surface area (Å²) in [4.78, 5) is 25.9. The molecule has 1 aliphatic carbocycles. The number of carbonyl (C=O) groups excluding carboxylic acids is 1. The van der Waals surface area contributed by atoms with Crippen LogP contribution in [0.4, 0.5) is 17.5 Å². The van der Waals surface area contributed by atoms with Gasteiger partial charge in [-0.25, -0.2) is 9.97 Å². The zero-order chi connectivity index (χ0) is 28.6. The zero-order valence-electron chi connectivity index (χ0n) is 22.6. The summed E-state index contributed by atoms with van der Waals surface area (Å²) < 4.78 is 10.8. The lowest BCUT2D eigenvalue weighted by molar-refractivity contribution is -0.117. The van der Waals surface area contributed by atoms with Crippen molar-refractivity contribution < 1.29 is 14.3 Å². The maximum Gasteiger partial charge on any atom is 0.243 e. The lowest BCUT2D eigenvalue weighted by atomic mass is 9.90. The van der Waals surface area contributed by atoms with Gasteiger partial charge in [0, 0.05) is 41.8 Å². The van der Waals surface area contributed by atoms with Crippen molar-refractivity contribution >= 4 is 57.9 Å². The number of methoxy groups -OCH3 is 2. The summed E-state index contributed by atoms with van der Waals surface area (Å²) >= 11 is 14.7. The minimum absolute atomic E-state index is 0.00229. The van der Waals surface area contributed by atoms with Crippen molar-refractivity contribution in [2.75, 3.05) is 30.2 Å². The summed E-state index contributed by atoms with van der Waals surface area (Å²) in [5.41, 5.74) is 2.18. The van der Waals surface area contributed by atoms with Crippen LogP contribution in [0.2, 0.25) is 10.0 Å². The molecule has 2 heterocycles. The molecule has 1 saturated carbocycles. The van der Waals surface area contributed by atoms with E-state index in [1.165, 1.54) is 20.3 Å². The van der Waals surface area contributed by atoms with Crippen molar-refractivity contribution in [3.8, 4) is 11.5 Å². The molecule has 40 heavy (non-hydrogen) atoms. The summed E-state index contributed by atoms with van der Waals surface area (Å²) in [6.07, 6.45) is 6.91. The van der Waals surface area contributed by atoms with Gasteiger partial charge in [-0.2, -0.15) is 4.98 Å². The molecule has 0 bridgehead atoms. The van der Waals surface area contributed by atoms with Gasteiger partial charge in [-0.3, -0.25) is 4.79 Å². The van der Waals surface area contributed by atoms with Crippen LogP contribution in [-0.2, 0) is 17.9 Å². The number of hydrogen-bond donors (Lipinski definition) is 4. The van der Waals surface area contributed by atoms with Crippen molar-refractivity contribution in [1.82, 2.24) is 20.3 Å². The van der Waals surface area contributed by atoms with E-state index in [4.69, 9.17) is 37.7 Å². The predicted molar refractivity (Wildman–Crippen MR) is 161 cm³/mol. The topological polar surface area (TPSA) is 122 Å². The first-order valence-electron chi connectivity index (χ1n) is 12.9. The molecule has 2 unspecified atom stereocenters. The number of nitrogens with one attached hydrogen (secondary N) is 4. The zero-order valence-corrected chi connectivity index (χ0v) is 25.0. The van der Waals surface area contributed by atoms with E-state index in [9.17, 15) is 4.79 Å². The molecular weight excluding hydrogens is 573 g/mol. The number of amides is 1. The second kappa shape index (κ2) is 13.9. The molecule has 1 fully saturated rings. The molecule has 10 nitrogen and oxygen atoms in total. The molecule has 4 N–H and O–H groups in total. The number of nitrogens with zero attached hydrogens (tertiary/aromatic N) is 3. The van der Waals surface area contributed by atoms with Crippen molar-refractivity contribution in [3.05, 3.63) is 56.6 Å². The van der Waals surface area contributed by atoms with Crippen LogP contribution in [0.1, 0.15) is 41.9 Å². The Balaban J connectivity index is 1.58. The third kappa shape index (κ3) is 7.26. The smallest absolute Gasteiger partial charge is 0.243 e. The summed E-state index contributed by atoms with van der Waals surface area (Å²) in [6.45, 7) is 6.34. The molecule has 4 rings (SSSR count). The molecule has 0 aliphatic heterocycles. The number of thiazole rings is 1. The highest BCUT2D eigenvalue weighted by atomic mass is 35.5. The van der Waals surface area contributed by atoms with Gasteiger partial charge in [0.1, 0.15) is 27.4 Å². The van der Waals surface area contributed by atoms with E-state index in [0.717, 1.165) is 41.9 Å². The molecule has 0 saturated heterocycles. The Kier molecular flexibility index (Phi) is 10.3. The largest absolute Gasteiger partial charge is 0.495 e. The maximum absolute atomic E-state index is 12.0. The van der Waals surface area contributed by atoms with Crippen LogP contribution in [0, 0.1) is 6.92 Å². The number of ether oxygens (including phenoxy) is 2. The number of aryl methyl sites for hydroxylation is 1. The molecule has 3 aromatic rings. The van der Waals surface area contributed by atoms with Gasteiger partial charge in [0.2, 0.25) is 11.9 Å². The van der Waals surface area contributed by atoms with Crippen LogP contribution in [-0.4, -0.2) is 47.2 Å². The van der Waals surface area contributed by atoms with Crippen LogP contribution in [0.15, 0.2) is 30.3 Å². The highest BCUT2D eigenvalue weighted by Gasteiger charge is 2.27. The first kappa shape index (κ1) is 29.7. The van der Waals surface area contributed by atoms with Crippen molar-refractivity contribution in [2.45, 2.75) is 57.8 Å². The normalized spacial score (nSPS) is 16.6. The van der Waals surface area contributed by atoms with Crippen LogP contribution in [0.5, 0.6) is 11.5 Å². The minimum atomic E-state index is -0.187. The molecule has 214 valence electrons. The van der Waals surface area contributed by atoms with E-state index in [1.54, 1.807) is 23.6 Å². The van der Waals surface area contributed by atoms with Gasteiger partial charge >= 0.3 is 0 Å². The standard InChI is InChI=1S/C27H33Cl2N7O3S/c1-5-22(37)34-18-8-6-7-9-19(18)35-27-32-12-16(26(36-27)31-13-17-14-40-15(2)33-17)11-30-25-23(28)20(38-3)10-21(39-4)24(25)29/h5,10,12,14,18-19,30H,1,6-9,11,13H2,2-4H3,(H,34,37)(H2,31,32,35,36). The van der Waals surface area contributed by atoms with E-state index in [2.05, 4.69) is 37.8 Å². The van der Waals surface area contributed by atoms with E-state index < -0.39 is 0 Å².